The number of carbonyl (C=O) groups is 1. The highest BCUT2D eigenvalue weighted by molar-refractivity contribution is 6.43. The Morgan fingerprint density at radius 2 is 2.00 bits per heavy atom. The molecule has 29 heavy (non-hydrogen) atoms. The molecule has 1 aliphatic carbocycles. The highest BCUT2D eigenvalue weighted by Gasteiger charge is 2.49. The molecule has 1 aliphatic heterocycles. The average molecular weight is 434 g/mol. The lowest BCUT2D eigenvalue weighted by Crippen LogP contribution is -2.45. The number of hydrogen-bond acceptors (Lipinski definition) is 1. The first-order valence-electron chi connectivity index (χ1n) is 10.7. The molecule has 1 fully saturated rings. The summed E-state index contributed by atoms with van der Waals surface area (Å²) in [5.41, 5.74) is 4.38. The number of amides is 1. The van der Waals surface area contributed by atoms with Gasteiger partial charge in [-0.2, -0.15) is 0 Å². The van der Waals surface area contributed by atoms with E-state index in [0.29, 0.717) is 35.0 Å². The van der Waals surface area contributed by atoms with E-state index >= 15 is 0 Å². The maximum atomic E-state index is 13.9. The van der Waals surface area contributed by atoms with E-state index in [0.717, 1.165) is 40.7 Å². The van der Waals surface area contributed by atoms with Gasteiger partial charge in [-0.3, -0.25) is 4.79 Å². The highest BCUT2D eigenvalue weighted by Crippen LogP contribution is 2.54. The van der Waals surface area contributed by atoms with Gasteiger partial charge in [-0.05, 0) is 58.8 Å². The smallest absolute Gasteiger partial charge is 0.254 e. The van der Waals surface area contributed by atoms with E-state index in [4.69, 9.17) is 23.2 Å². The Morgan fingerprint density at radius 3 is 2.59 bits per heavy atom. The Labute approximate surface area is 186 Å². The van der Waals surface area contributed by atoms with E-state index in [1.54, 1.807) is 6.08 Å². The fraction of sp³-hybridized carbons (Fsp3) is 0.560. The predicted molar refractivity (Wildman–Crippen MR) is 124 cm³/mol. The van der Waals surface area contributed by atoms with Gasteiger partial charge < -0.3 is 4.90 Å². The normalized spacial score (nSPS) is 26.8. The summed E-state index contributed by atoms with van der Waals surface area (Å²) in [6, 6.07) is 0. The lowest BCUT2D eigenvalue weighted by Gasteiger charge is -2.46. The molecule has 2 aliphatic rings. The summed E-state index contributed by atoms with van der Waals surface area (Å²) in [6.45, 7) is 19.9. The van der Waals surface area contributed by atoms with Crippen LogP contribution >= 0.6 is 23.2 Å². The van der Waals surface area contributed by atoms with Crippen LogP contribution in [0.4, 0.5) is 0 Å². The first kappa shape index (κ1) is 22.4. The van der Waals surface area contributed by atoms with Crippen molar-refractivity contribution in [3.05, 3.63) is 57.1 Å². The van der Waals surface area contributed by atoms with Gasteiger partial charge in [0.2, 0.25) is 0 Å². The molecule has 1 aromatic carbocycles. The first-order chi connectivity index (χ1) is 13.5. The van der Waals surface area contributed by atoms with Crippen LogP contribution in [-0.2, 0) is 5.41 Å². The molecule has 3 unspecified atom stereocenters. The molecule has 1 heterocycles. The third kappa shape index (κ3) is 3.57. The van der Waals surface area contributed by atoms with Crippen LogP contribution < -0.4 is 0 Å². The molecule has 2 nitrogen and oxygen atoms in total. The van der Waals surface area contributed by atoms with Gasteiger partial charge in [0.05, 0.1) is 10.0 Å². The summed E-state index contributed by atoms with van der Waals surface area (Å²) in [5, 5.41) is 1.20. The monoisotopic (exact) mass is 433 g/mol. The molecule has 0 N–H and O–H groups in total. The van der Waals surface area contributed by atoms with Gasteiger partial charge in [-0.25, -0.2) is 0 Å². The molecule has 0 saturated heterocycles. The Bertz CT molecular complexity index is 872. The zero-order chi connectivity index (χ0) is 21.7. The Kier molecular flexibility index (Phi) is 6.28. The van der Waals surface area contributed by atoms with Crippen molar-refractivity contribution in [2.75, 3.05) is 13.1 Å². The summed E-state index contributed by atoms with van der Waals surface area (Å²) >= 11 is 13.8. The highest BCUT2D eigenvalue weighted by atomic mass is 35.5. The van der Waals surface area contributed by atoms with Crippen molar-refractivity contribution >= 4 is 29.1 Å². The van der Waals surface area contributed by atoms with E-state index in [2.05, 4.69) is 40.9 Å². The Balaban J connectivity index is 2.35. The lowest BCUT2D eigenvalue weighted by molar-refractivity contribution is 0.0655. The van der Waals surface area contributed by atoms with Crippen LogP contribution in [0.5, 0.6) is 0 Å². The molecule has 0 radical (unpaired) electrons. The standard InChI is InChI=1S/C25H33Cl2NO/c1-8-15(4)12-28-13-18-16(5)10-9-11-25(18,7)21-20(24(28)29)17(6)19(14(2)3)22(26)23(21)27/h8,14,16,18H,1,4,9-13H2,2-3,5-7H3. The SMILES string of the molecule is C=CC(=C)CN1CC2C(C)CCCC2(C)c2c(Cl)c(Cl)c(C(C)C)c(C)c2C1=O. The number of hydrogen-bond donors (Lipinski definition) is 0. The molecule has 3 rings (SSSR count). The number of rotatable bonds is 4. The average Bonchev–Trinajstić information content (AvgIpc) is 2.74. The number of halogens is 2. The molecule has 4 heteroatoms. The van der Waals surface area contributed by atoms with Gasteiger partial charge >= 0.3 is 0 Å². The second kappa shape index (κ2) is 8.12. The van der Waals surface area contributed by atoms with Crippen LogP contribution in [-0.4, -0.2) is 23.9 Å². The van der Waals surface area contributed by atoms with Crippen LogP contribution in [0.1, 0.15) is 79.9 Å². The van der Waals surface area contributed by atoms with Crippen molar-refractivity contribution in [2.45, 2.75) is 65.2 Å². The third-order valence-electron chi connectivity index (χ3n) is 7.29. The first-order valence-corrected chi connectivity index (χ1v) is 11.4. The Morgan fingerprint density at radius 1 is 1.34 bits per heavy atom. The summed E-state index contributed by atoms with van der Waals surface area (Å²) in [7, 11) is 0. The maximum absolute atomic E-state index is 13.9. The van der Waals surface area contributed by atoms with Crippen molar-refractivity contribution < 1.29 is 4.79 Å². The third-order valence-corrected chi connectivity index (χ3v) is 8.16. The van der Waals surface area contributed by atoms with Gasteiger partial charge in [0.1, 0.15) is 0 Å². The zero-order valence-electron chi connectivity index (χ0n) is 18.4. The van der Waals surface area contributed by atoms with Gasteiger partial charge in [0.15, 0.2) is 0 Å². The van der Waals surface area contributed by atoms with Crippen LogP contribution in [0.3, 0.4) is 0 Å². The van der Waals surface area contributed by atoms with E-state index in [1.807, 2.05) is 11.8 Å². The fourth-order valence-electron chi connectivity index (χ4n) is 5.74. The van der Waals surface area contributed by atoms with Crippen molar-refractivity contribution in [2.24, 2.45) is 11.8 Å². The summed E-state index contributed by atoms with van der Waals surface area (Å²) in [5.74, 6) is 1.07. The maximum Gasteiger partial charge on any atom is 0.254 e. The second-order valence-corrected chi connectivity index (χ2v) is 10.3. The van der Waals surface area contributed by atoms with E-state index in [1.165, 1.54) is 6.42 Å². The minimum absolute atomic E-state index is 0.0452. The molecule has 1 saturated carbocycles. The molecule has 0 aromatic heterocycles. The van der Waals surface area contributed by atoms with Crippen LogP contribution in [0.15, 0.2) is 24.8 Å². The fourth-order valence-corrected chi connectivity index (χ4v) is 6.60. The largest absolute Gasteiger partial charge is 0.334 e. The van der Waals surface area contributed by atoms with Crippen molar-refractivity contribution in [3.63, 3.8) is 0 Å². The minimum Gasteiger partial charge on any atom is -0.334 e. The number of nitrogens with zero attached hydrogens (tertiary/aromatic N) is 1. The summed E-state index contributed by atoms with van der Waals surface area (Å²) < 4.78 is 0. The van der Waals surface area contributed by atoms with Crippen molar-refractivity contribution in [3.8, 4) is 0 Å². The predicted octanol–water partition coefficient (Wildman–Crippen LogP) is 7.32. The molecule has 1 aromatic rings. The summed E-state index contributed by atoms with van der Waals surface area (Å²) in [4.78, 5) is 15.8. The van der Waals surface area contributed by atoms with Crippen molar-refractivity contribution in [1.29, 1.82) is 0 Å². The van der Waals surface area contributed by atoms with Gasteiger partial charge in [0, 0.05) is 18.7 Å². The lowest BCUT2D eigenvalue weighted by atomic mass is 9.59. The molecule has 158 valence electrons. The van der Waals surface area contributed by atoms with Gasteiger partial charge in [0.25, 0.3) is 5.91 Å². The molecule has 0 spiro atoms. The topological polar surface area (TPSA) is 20.3 Å². The number of carbonyl (C=O) groups excluding carboxylic acids is 1. The van der Waals surface area contributed by atoms with Gasteiger partial charge in [-0.15, -0.1) is 0 Å². The van der Waals surface area contributed by atoms with Crippen LogP contribution in [0.2, 0.25) is 10.0 Å². The zero-order valence-corrected chi connectivity index (χ0v) is 19.9. The molecular formula is C25H33Cl2NO. The van der Waals surface area contributed by atoms with E-state index in [-0.39, 0.29) is 17.2 Å². The molecule has 0 bridgehead atoms. The summed E-state index contributed by atoms with van der Waals surface area (Å²) in [6.07, 6.45) is 5.08. The quantitative estimate of drug-likeness (QED) is 0.455. The number of fused-ring (bicyclic) bond motifs is 3. The van der Waals surface area contributed by atoms with Gasteiger partial charge in [-0.1, -0.05) is 83.0 Å². The van der Waals surface area contributed by atoms with Crippen molar-refractivity contribution in [1.82, 2.24) is 4.90 Å². The molecular weight excluding hydrogens is 401 g/mol. The van der Waals surface area contributed by atoms with Crippen LogP contribution in [0.25, 0.3) is 0 Å². The Hall–Kier alpha value is -1.25. The molecule has 3 atom stereocenters. The van der Waals surface area contributed by atoms with E-state index in [9.17, 15) is 4.79 Å². The second-order valence-electron chi connectivity index (χ2n) is 9.51. The molecule has 1 amide bonds. The minimum atomic E-state index is -0.173. The van der Waals surface area contributed by atoms with E-state index < -0.39 is 0 Å². The van der Waals surface area contributed by atoms with Crippen LogP contribution in [0, 0.1) is 18.8 Å². The number of benzene rings is 1.